The molecule has 1 aromatic carbocycles. The van der Waals surface area contributed by atoms with Crippen molar-refractivity contribution in [2.24, 2.45) is 0 Å². The molecular weight excluding hydrogens is 295 g/mol. The van der Waals surface area contributed by atoms with Crippen LogP contribution < -0.4 is 10.6 Å². The summed E-state index contributed by atoms with van der Waals surface area (Å²) in [5.74, 6) is -0.273. The van der Waals surface area contributed by atoms with Crippen LogP contribution in [0.2, 0.25) is 0 Å². The molecule has 2 N–H and O–H groups in total. The van der Waals surface area contributed by atoms with Crippen LogP contribution in [0.5, 0.6) is 0 Å². The lowest BCUT2D eigenvalue weighted by atomic mass is 10.2. The van der Waals surface area contributed by atoms with Crippen molar-refractivity contribution in [3.05, 3.63) is 29.8 Å². The molecule has 1 amide bonds. The van der Waals surface area contributed by atoms with E-state index in [9.17, 15) is 18.0 Å². The van der Waals surface area contributed by atoms with Crippen molar-refractivity contribution in [3.8, 4) is 0 Å². The summed E-state index contributed by atoms with van der Waals surface area (Å²) in [7, 11) is 0. The highest BCUT2D eigenvalue weighted by atomic mass is 19.4. The number of carbonyl (C=O) groups excluding carboxylic acids is 1. The molecule has 0 spiro atoms. The molecule has 1 aliphatic rings. The number of hydrogen-bond donors (Lipinski definition) is 2. The van der Waals surface area contributed by atoms with Gasteiger partial charge in [0.2, 0.25) is 5.91 Å². The number of hydrogen-bond acceptors (Lipinski definition) is 3. The molecule has 1 heterocycles. The zero-order valence-electron chi connectivity index (χ0n) is 12.4. The van der Waals surface area contributed by atoms with Gasteiger partial charge in [-0.1, -0.05) is 6.07 Å². The molecule has 0 bridgehead atoms. The van der Waals surface area contributed by atoms with Crippen molar-refractivity contribution in [2.45, 2.75) is 25.6 Å². The first-order valence-electron chi connectivity index (χ1n) is 7.28. The summed E-state index contributed by atoms with van der Waals surface area (Å²) in [5, 5.41) is 5.79. The van der Waals surface area contributed by atoms with Gasteiger partial charge in [-0.15, -0.1) is 0 Å². The largest absolute Gasteiger partial charge is 0.416 e. The van der Waals surface area contributed by atoms with Crippen LogP contribution in [0.1, 0.15) is 18.9 Å². The topological polar surface area (TPSA) is 44.4 Å². The molecule has 1 aromatic rings. The Labute approximate surface area is 127 Å². The average Bonchev–Trinajstić information content (AvgIpc) is 2.46. The van der Waals surface area contributed by atoms with Gasteiger partial charge in [-0.25, -0.2) is 0 Å². The van der Waals surface area contributed by atoms with Crippen LogP contribution >= 0.6 is 0 Å². The Morgan fingerprint density at radius 2 is 2.23 bits per heavy atom. The van der Waals surface area contributed by atoms with E-state index in [0.717, 1.165) is 31.8 Å². The Hall–Kier alpha value is -1.60. The first-order chi connectivity index (χ1) is 10.4. The molecule has 122 valence electrons. The van der Waals surface area contributed by atoms with Crippen molar-refractivity contribution in [1.29, 1.82) is 0 Å². The molecule has 2 rings (SSSR count). The SMILES string of the molecule is C[C@@H]1CNCCN1CCC(=O)Nc1cccc(C(F)(F)F)c1. The Bertz CT molecular complexity index is 519. The minimum atomic E-state index is -4.41. The molecule has 4 nitrogen and oxygen atoms in total. The maximum absolute atomic E-state index is 12.6. The third-order valence-electron chi connectivity index (χ3n) is 3.74. The van der Waals surface area contributed by atoms with Crippen molar-refractivity contribution in [3.63, 3.8) is 0 Å². The quantitative estimate of drug-likeness (QED) is 0.896. The van der Waals surface area contributed by atoms with Crippen LogP contribution in [0.15, 0.2) is 24.3 Å². The summed E-state index contributed by atoms with van der Waals surface area (Å²) < 4.78 is 37.8. The molecule has 0 aliphatic carbocycles. The number of nitrogens with zero attached hydrogens (tertiary/aromatic N) is 1. The first-order valence-corrected chi connectivity index (χ1v) is 7.28. The van der Waals surface area contributed by atoms with E-state index in [2.05, 4.69) is 22.5 Å². The zero-order valence-corrected chi connectivity index (χ0v) is 12.4. The third-order valence-corrected chi connectivity index (χ3v) is 3.74. The highest BCUT2D eigenvalue weighted by molar-refractivity contribution is 5.90. The minimum absolute atomic E-state index is 0.174. The summed E-state index contributed by atoms with van der Waals surface area (Å²) >= 11 is 0. The summed E-state index contributed by atoms with van der Waals surface area (Å²) in [6, 6.07) is 5.04. The van der Waals surface area contributed by atoms with E-state index >= 15 is 0 Å². The molecule has 1 atom stereocenters. The Morgan fingerprint density at radius 3 is 2.91 bits per heavy atom. The van der Waals surface area contributed by atoms with Gasteiger partial charge in [0, 0.05) is 44.3 Å². The van der Waals surface area contributed by atoms with Crippen LogP contribution in [0.3, 0.4) is 0 Å². The van der Waals surface area contributed by atoms with Crippen LogP contribution in [-0.2, 0) is 11.0 Å². The van der Waals surface area contributed by atoms with E-state index in [-0.39, 0.29) is 18.0 Å². The first kappa shape index (κ1) is 16.8. The average molecular weight is 315 g/mol. The number of rotatable bonds is 4. The van der Waals surface area contributed by atoms with E-state index < -0.39 is 11.7 Å². The van der Waals surface area contributed by atoms with Crippen LogP contribution in [-0.4, -0.2) is 43.0 Å². The fourth-order valence-corrected chi connectivity index (χ4v) is 2.46. The Balaban J connectivity index is 1.87. The monoisotopic (exact) mass is 315 g/mol. The van der Waals surface area contributed by atoms with E-state index in [1.165, 1.54) is 12.1 Å². The minimum Gasteiger partial charge on any atom is -0.326 e. The van der Waals surface area contributed by atoms with Gasteiger partial charge < -0.3 is 10.6 Å². The van der Waals surface area contributed by atoms with Gasteiger partial charge in [-0.3, -0.25) is 9.69 Å². The molecule has 22 heavy (non-hydrogen) atoms. The predicted molar refractivity (Wildman–Crippen MR) is 78.6 cm³/mol. The number of nitrogens with one attached hydrogen (secondary N) is 2. The van der Waals surface area contributed by atoms with Gasteiger partial charge >= 0.3 is 6.18 Å². The van der Waals surface area contributed by atoms with Crippen molar-refractivity contribution >= 4 is 11.6 Å². The summed E-state index contributed by atoms with van der Waals surface area (Å²) in [6.07, 6.45) is -4.14. The smallest absolute Gasteiger partial charge is 0.326 e. The summed E-state index contributed by atoms with van der Waals surface area (Å²) in [6.45, 7) is 5.33. The highest BCUT2D eigenvalue weighted by Crippen LogP contribution is 2.30. The molecular formula is C15H20F3N3O. The van der Waals surface area contributed by atoms with Gasteiger partial charge in [0.25, 0.3) is 0 Å². The summed E-state index contributed by atoms with van der Waals surface area (Å²) in [5.41, 5.74) is -0.589. The van der Waals surface area contributed by atoms with Crippen LogP contribution in [0.4, 0.5) is 18.9 Å². The second kappa shape index (κ2) is 7.11. The van der Waals surface area contributed by atoms with Crippen molar-refractivity contribution < 1.29 is 18.0 Å². The van der Waals surface area contributed by atoms with Crippen molar-refractivity contribution in [2.75, 3.05) is 31.5 Å². The maximum atomic E-state index is 12.6. The molecule has 0 radical (unpaired) electrons. The lowest BCUT2D eigenvalue weighted by molar-refractivity contribution is -0.137. The molecule has 1 saturated heterocycles. The fraction of sp³-hybridized carbons (Fsp3) is 0.533. The van der Waals surface area contributed by atoms with Gasteiger partial charge in [-0.05, 0) is 25.1 Å². The van der Waals surface area contributed by atoms with Crippen LogP contribution in [0.25, 0.3) is 0 Å². The lowest BCUT2D eigenvalue weighted by Crippen LogP contribution is -2.50. The third kappa shape index (κ3) is 4.71. The predicted octanol–water partition coefficient (Wildman–Crippen LogP) is 2.33. The second-order valence-corrected chi connectivity index (χ2v) is 5.47. The number of anilines is 1. The van der Waals surface area contributed by atoms with Crippen LogP contribution in [0, 0.1) is 0 Å². The van der Waals surface area contributed by atoms with Gasteiger partial charge in [0.15, 0.2) is 0 Å². The number of halogens is 3. The number of piperazine rings is 1. The lowest BCUT2D eigenvalue weighted by Gasteiger charge is -2.33. The standard InChI is InChI=1S/C15H20F3N3O/c1-11-10-19-6-8-21(11)7-5-14(22)20-13-4-2-3-12(9-13)15(16,17)18/h2-4,9,11,19H,5-8,10H2,1H3,(H,20,22)/t11-/m1/s1. The van der Waals surface area contributed by atoms with Gasteiger partial charge in [0.05, 0.1) is 5.56 Å². The normalized spacial score (nSPS) is 19.9. The molecule has 1 fully saturated rings. The highest BCUT2D eigenvalue weighted by Gasteiger charge is 2.30. The van der Waals surface area contributed by atoms with E-state index in [1.54, 1.807) is 0 Å². The number of alkyl halides is 3. The number of amides is 1. The maximum Gasteiger partial charge on any atom is 0.416 e. The number of carbonyl (C=O) groups is 1. The molecule has 7 heteroatoms. The van der Waals surface area contributed by atoms with Gasteiger partial charge in [-0.2, -0.15) is 13.2 Å². The molecule has 0 unspecified atom stereocenters. The molecule has 0 saturated carbocycles. The summed E-state index contributed by atoms with van der Waals surface area (Å²) in [4.78, 5) is 14.1. The van der Waals surface area contributed by atoms with E-state index in [4.69, 9.17) is 0 Å². The molecule has 0 aromatic heterocycles. The second-order valence-electron chi connectivity index (χ2n) is 5.47. The Kier molecular flexibility index (Phi) is 5.42. The van der Waals surface area contributed by atoms with Crippen molar-refractivity contribution in [1.82, 2.24) is 10.2 Å². The number of benzene rings is 1. The molecule has 1 aliphatic heterocycles. The van der Waals surface area contributed by atoms with Gasteiger partial charge in [0.1, 0.15) is 0 Å². The fourth-order valence-electron chi connectivity index (χ4n) is 2.46. The zero-order chi connectivity index (χ0) is 16.2. The Morgan fingerprint density at radius 1 is 1.45 bits per heavy atom. The van der Waals surface area contributed by atoms with E-state index in [1.807, 2.05) is 0 Å². The van der Waals surface area contributed by atoms with E-state index in [0.29, 0.717) is 12.6 Å².